The van der Waals surface area contributed by atoms with Crippen molar-refractivity contribution in [1.29, 1.82) is 0 Å². The molecule has 0 spiro atoms. The van der Waals surface area contributed by atoms with Crippen molar-refractivity contribution in [3.63, 3.8) is 0 Å². The Labute approximate surface area is 98.0 Å². The number of carboxylic acids is 1. The molecule has 0 saturated carbocycles. The summed E-state index contributed by atoms with van der Waals surface area (Å²) in [6.45, 7) is 1.55. The number of hydrogen-bond donors (Lipinski definition) is 2. The number of aromatic carboxylic acids is 1. The van der Waals surface area contributed by atoms with Gasteiger partial charge in [0.15, 0.2) is 9.84 Å². The van der Waals surface area contributed by atoms with Crippen molar-refractivity contribution in [1.82, 2.24) is 0 Å². The highest BCUT2D eigenvalue weighted by Gasteiger charge is 2.19. The second-order valence-corrected chi connectivity index (χ2v) is 5.50. The molecule has 1 aromatic carbocycles. The zero-order chi connectivity index (χ0) is 13.2. The Morgan fingerprint density at radius 3 is 2.41 bits per heavy atom. The standard InChI is InChI=1S/C10H11NO5S/c1-6-2-3-7(4-8(6)10(13)14)17(15,16)5-9(11)12/h2-4H,5H2,1H3,(H2,11,12)(H,13,14). The molecule has 3 N–H and O–H groups in total. The molecule has 1 aromatic rings. The third kappa shape index (κ3) is 3.04. The SMILES string of the molecule is Cc1ccc(S(=O)(=O)CC(N)=O)cc1C(=O)O. The number of aryl methyl sites for hydroxylation is 1. The molecule has 0 saturated heterocycles. The molecule has 17 heavy (non-hydrogen) atoms. The van der Waals surface area contributed by atoms with Gasteiger partial charge in [-0.15, -0.1) is 0 Å². The molecular formula is C10H11NO5S. The van der Waals surface area contributed by atoms with E-state index in [2.05, 4.69) is 0 Å². The average molecular weight is 257 g/mol. The summed E-state index contributed by atoms with van der Waals surface area (Å²) in [5.74, 6) is -3.05. The zero-order valence-electron chi connectivity index (χ0n) is 9.00. The Bertz CT molecular complexity index is 576. The lowest BCUT2D eigenvalue weighted by Gasteiger charge is -2.05. The van der Waals surface area contributed by atoms with Crippen LogP contribution in [0, 0.1) is 6.92 Å². The number of sulfone groups is 1. The highest BCUT2D eigenvalue weighted by atomic mass is 32.2. The fourth-order valence-corrected chi connectivity index (χ4v) is 2.41. The Morgan fingerprint density at radius 1 is 1.35 bits per heavy atom. The van der Waals surface area contributed by atoms with Crippen molar-refractivity contribution in [2.45, 2.75) is 11.8 Å². The van der Waals surface area contributed by atoms with Crippen LogP contribution < -0.4 is 5.73 Å². The van der Waals surface area contributed by atoms with Crippen LogP contribution in [-0.4, -0.2) is 31.2 Å². The molecule has 0 aliphatic carbocycles. The molecule has 0 heterocycles. The molecule has 7 heteroatoms. The lowest BCUT2D eigenvalue weighted by molar-refractivity contribution is -0.115. The predicted octanol–water partition coefficient (Wildman–Crippen LogP) is -0.0478. The van der Waals surface area contributed by atoms with E-state index in [1.54, 1.807) is 6.92 Å². The monoisotopic (exact) mass is 257 g/mol. The van der Waals surface area contributed by atoms with Crippen molar-refractivity contribution in [3.8, 4) is 0 Å². The van der Waals surface area contributed by atoms with Crippen LogP contribution in [0.15, 0.2) is 23.1 Å². The number of carbonyl (C=O) groups is 2. The number of primary amides is 1. The van der Waals surface area contributed by atoms with E-state index in [4.69, 9.17) is 10.8 Å². The fourth-order valence-electron chi connectivity index (χ4n) is 1.30. The van der Waals surface area contributed by atoms with Crippen molar-refractivity contribution in [2.75, 3.05) is 5.75 Å². The quantitative estimate of drug-likeness (QED) is 0.784. The smallest absolute Gasteiger partial charge is 0.335 e. The predicted molar refractivity (Wildman–Crippen MR) is 59.4 cm³/mol. The maximum atomic E-state index is 11.6. The molecule has 0 fully saturated rings. The van der Waals surface area contributed by atoms with Crippen molar-refractivity contribution < 1.29 is 23.1 Å². The number of hydrogen-bond acceptors (Lipinski definition) is 4. The summed E-state index contributed by atoms with van der Waals surface area (Å²) in [5.41, 5.74) is 5.13. The maximum Gasteiger partial charge on any atom is 0.335 e. The maximum absolute atomic E-state index is 11.6. The van der Waals surface area contributed by atoms with Gasteiger partial charge in [-0.05, 0) is 24.6 Å². The Hall–Kier alpha value is -1.89. The van der Waals surface area contributed by atoms with Gasteiger partial charge in [0.25, 0.3) is 0 Å². The van der Waals surface area contributed by atoms with E-state index in [-0.39, 0.29) is 10.5 Å². The normalized spacial score (nSPS) is 11.1. The highest BCUT2D eigenvalue weighted by molar-refractivity contribution is 7.92. The summed E-state index contributed by atoms with van der Waals surface area (Å²) >= 11 is 0. The largest absolute Gasteiger partial charge is 0.478 e. The first kappa shape index (κ1) is 13.2. The Balaban J connectivity index is 3.30. The third-order valence-electron chi connectivity index (χ3n) is 2.13. The molecule has 0 atom stereocenters. The van der Waals surface area contributed by atoms with Crippen LogP contribution in [0.25, 0.3) is 0 Å². The van der Waals surface area contributed by atoms with Crippen molar-refractivity contribution in [3.05, 3.63) is 29.3 Å². The minimum atomic E-state index is -3.87. The van der Waals surface area contributed by atoms with Crippen molar-refractivity contribution >= 4 is 21.7 Å². The van der Waals surface area contributed by atoms with E-state index < -0.39 is 27.5 Å². The zero-order valence-corrected chi connectivity index (χ0v) is 9.82. The van der Waals surface area contributed by atoms with Gasteiger partial charge in [0, 0.05) is 0 Å². The second kappa shape index (κ2) is 4.54. The molecular weight excluding hydrogens is 246 g/mol. The van der Waals surface area contributed by atoms with Gasteiger partial charge in [-0.25, -0.2) is 13.2 Å². The topological polar surface area (TPSA) is 115 Å². The van der Waals surface area contributed by atoms with Gasteiger partial charge in [-0.3, -0.25) is 4.79 Å². The number of nitrogens with two attached hydrogens (primary N) is 1. The number of benzene rings is 1. The molecule has 92 valence electrons. The first-order chi connectivity index (χ1) is 7.74. The van der Waals surface area contributed by atoms with Gasteiger partial charge < -0.3 is 10.8 Å². The van der Waals surface area contributed by atoms with Crippen LogP contribution in [0.5, 0.6) is 0 Å². The minimum Gasteiger partial charge on any atom is -0.478 e. The van der Waals surface area contributed by atoms with E-state index in [0.29, 0.717) is 5.56 Å². The Morgan fingerprint density at radius 2 is 1.94 bits per heavy atom. The van der Waals surface area contributed by atoms with Crippen LogP contribution in [0.3, 0.4) is 0 Å². The molecule has 0 aromatic heterocycles. The van der Waals surface area contributed by atoms with Gasteiger partial charge in [0.2, 0.25) is 5.91 Å². The van der Waals surface area contributed by atoms with Crippen LogP contribution >= 0.6 is 0 Å². The van der Waals surface area contributed by atoms with E-state index in [9.17, 15) is 18.0 Å². The molecule has 1 rings (SSSR count). The van der Waals surface area contributed by atoms with Crippen LogP contribution in [-0.2, 0) is 14.6 Å². The lowest BCUT2D eigenvalue weighted by atomic mass is 10.1. The van der Waals surface area contributed by atoms with Gasteiger partial charge in [-0.1, -0.05) is 6.07 Å². The molecule has 0 radical (unpaired) electrons. The van der Waals surface area contributed by atoms with Crippen LogP contribution in [0.2, 0.25) is 0 Å². The number of carboxylic acid groups (broad SMARTS) is 1. The summed E-state index contributed by atoms with van der Waals surface area (Å²) in [6, 6.07) is 3.65. The highest BCUT2D eigenvalue weighted by Crippen LogP contribution is 2.16. The summed E-state index contributed by atoms with van der Waals surface area (Å²) in [5, 5.41) is 8.85. The first-order valence-electron chi connectivity index (χ1n) is 4.59. The molecule has 0 aliphatic heterocycles. The van der Waals surface area contributed by atoms with Crippen LogP contribution in [0.4, 0.5) is 0 Å². The average Bonchev–Trinajstić information content (AvgIpc) is 2.15. The van der Waals surface area contributed by atoms with E-state index in [1.165, 1.54) is 12.1 Å². The molecule has 6 nitrogen and oxygen atoms in total. The number of rotatable bonds is 4. The van der Waals surface area contributed by atoms with Gasteiger partial charge >= 0.3 is 5.97 Å². The molecule has 0 unspecified atom stereocenters. The second-order valence-electron chi connectivity index (χ2n) is 3.51. The fraction of sp³-hybridized carbons (Fsp3) is 0.200. The molecule has 0 aliphatic rings. The van der Waals surface area contributed by atoms with Crippen LogP contribution in [0.1, 0.15) is 15.9 Å². The summed E-state index contributed by atoms with van der Waals surface area (Å²) in [6.07, 6.45) is 0. The van der Waals surface area contributed by atoms with Gasteiger partial charge in [0.1, 0.15) is 5.75 Å². The number of carbonyl (C=O) groups excluding carboxylic acids is 1. The van der Waals surface area contributed by atoms with Crippen molar-refractivity contribution in [2.24, 2.45) is 5.73 Å². The first-order valence-corrected chi connectivity index (χ1v) is 6.24. The van der Waals surface area contributed by atoms with E-state index in [0.717, 1.165) is 6.07 Å². The summed E-state index contributed by atoms with van der Waals surface area (Å²) in [7, 11) is -3.87. The molecule has 0 bridgehead atoms. The van der Waals surface area contributed by atoms with E-state index >= 15 is 0 Å². The Kier molecular flexibility index (Phi) is 3.52. The third-order valence-corrected chi connectivity index (χ3v) is 3.77. The summed E-state index contributed by atoms with van der Waals surface area (Å²) in [4.78, 5) is 21.2. The summed E-state index contributed by atoms with van der Waals surface area (Å²) < 4.78 is 23.3. The van der Waals surface area contributed by atoms with Gasteiger partial charge in [-0.2, -0.15) is 0 Å². The van der Waals surface area contributed by atoms with Gasteiger partial charge in [0.05, 0.1) is 10.5 Å². The molecule has 1 amide bonds. The van der Waals surface area contributed by atoms with E-state index in [1.807, 2.05) is 0 Å². The minimum absolute atomic E-state index is 0.115. The number of amides is 1. The lowest BCUT2D eigenvalue weighted by Crippen LogP contribution is -2.23.